The van der Waals surface area contributed by atoms with Crippen LogP contribution in [0.2, 0.25) is 0 Å². The molecule has 0 aromatic rings. The first kappa shape index (κ1) is 8.71. The highest BCUT2D eigenvalue weighted by atomic mass is 19.4. The van der Waals surface area contributed by atoms with Crippen LogP contribution in [0.25, 0.3) is 0 Å². The van der Waals surface area contributed by atoms with Gasteiger partial charge in [-0.05, 0) is 6.42 Å². The third-order valence-electron chi connectivity index (χ3n) is 1.00. The molecular formula is C4H9F3N2. The molecular weight excluding hydrogens is 133 g/mol. The molecule has 0 heterocycles. The Balaban J connectivity index is 3.79. The van der Waals surface area contributed by atoms with E-state index in [1.165, 1.54) is 6.92 Å². The molecule has 9 heavy (non-hydrogen) atoms. The van der Waals surface area contributed by atoms with E-state index in [4.69, 9.17) is 0 Å². The Hall–Kier alpha value is -0.290. The molecule has 1 atom stereocenters. The smallest absolute Gasteiger partial charge is 0.271 e. The lowest BCUT2D eigenvalue weighted by atomic mass is 10.2. The minimum absolute atomic E-state index is 0.0417. The van der Waals surface area contributed by atoms with Gasteiger partial charge in [0.25, 0.3) is 0 Å². The van der Waals surface area contributed by atoms with Gasteiger partial charge in [-0.2, -0.15) is 13.2 Å². The van der Waals surface area contributed by atoms with E-state index in [0.717, 1.165) is 0 Å². The van der Waals surface area contributed by atoms with Gasteiger partial charge in [0.1, 0.15) is 6.04 Å². The van der Waals surface area contributed by atoms with Crippen LogP contribution in [0.5, 0.6) is 0 Å². The van der Waals surface area contributed by atoms with Crippen LogP contribution in [0.3, 0.4) is 0 Å². The SMILES string of the molecule is CCC(NN)C(F)(F)F. The number of alkyl halides is 3. The third kappa shape index (κ3) is 2.67. The van der Waals surface area contributed by atoms with Crippen molar-refractivity contribution in [1.82, 2.24) is 5.43 Å². The number of hydrazine groups is 1. The fraction of sp³-hybridized carbons (Fsp3) is 1.00. The molecule has 0 aromatic carbocycles. The average Bonchev–Trinajstić information content (AvgIpc) is 1.65. The number of nitrogens with two attached hydrogens (primary N) is 1. The van der Waals surface area contributed by atoms with E-state index in [0.29, 0.717) is 0 Å². The molecule has 0 radical (unpaired) electrons. The lowest BCUT2D eigenvalue weighted by molar-refractivity contribution is -0.156. The van der Waals surface area contributed by atoms with E-state index < -0.39 is 12.2 Å². The van der Waals surface area contributed by atoms with Gasteiger partial charge in [-0.25, -0.2) is 5.43 Å². The highest BCUT2D eigenvalue weighted by molar-refractivity contribution is 4.69. The van der Waals surface area contributed by atoms with Gasteiger partial charge in [0.05, 0.1) is 0 Å². The molecule has 56 valence electrons. The van der Waals surface area contributed by atoms with Gasteiger partial charge >= 0.3 is 6.18 Å². The molecule has 2 nitrogen and oxygen atoms in total. The number of nitrogens with one attached hydrogen (secondary N) is 1. The van der Waals surface area contributed by atoms with E-state index in [1.807, 2.05) is 0 Å². The minimum Gasteiger partial charge on any atom is -0.271 e. The Morgan fingerprint density at radius 3 is 2.00 bits per heavy atom. The summed E-state index contributed by atoms with van der Waals surface area (Å²) in [7, 11) is 0. The van der Waals surface area contributed by atoms with Crippen LogP contribution in [-0.4, -0.2) is 12.2 Å². The molecule has 0 fully saturated rings. The second-order valence-corrected chi connectivity index (χ2v) is 1.67. The summed E-state index contributed by atoms with van der Waals surface area (Å²) in [6.45, 7) is 1.41. The van der Waals surface area contributed by atoms with Crippen LogP contribution in [0.4, 0.5) is 13.2 Å². The Morgan fingerprint density at radius 2 is 2.00 bits per heavy atom. The maximum atomic E-state index is 11.6. The van der Waals surface area contributed by atoms with Crippen molar-refractivity contribution in [2.24, 2.45) is 5.84 Å². The van der Waals surface area contributed by atoms with Gasteiger partial charge in [-0.15, -0.1) is 0 Å². The highest BCUT2D eigenvalue weighted by Crippen LogP contribution is 2.21. The number of halogens is 3. The molecule has 0 spiro atoms. The Morgan fingerprint density at radius 1 is 1.56 bits per heavy atom. The van der Waals surface area contributed by atoms with Gasteiger partial charge in [-0.1, -0.05) is 6.92 Å². The number of hydrogen-bond donors (Lipinski definition) is 2. The summed E-state index contributed by atoms with van der Waals surface area (Å²) in [5, 5.41) is 0. The van der Waals surface area contributed by atoms with Crippen molar-refractivity contribution in [1.29, 1.82) is 0 Å². The van der Waals surface area contributed by atoms with Gasteiger partial charge in [0.15, 0.2) is 0 Å². The van der Waals surface area contributed by atoms with E-state index in [1.54, 1.807) is 5.43 Å². The van der Waals surface area contributed by atoms with E-state index >= 15 is 0 Å². The quantitative estimate of drug-likeness (QED) is 0.442. The second-order valence-electron chi connectivity index (χ2n) is 1.67. The van der Waals surface area contributed by atoms with E-state index in [-0.39, 0.29) is 6.42 Å². The molecule has 1 unspecified atom stereocenters. The first-order valence-corrected chi connectivity index (χ1v) is 2.55. The van der Waals surface area contributed by atoms with Crippen molar-refractivity contribution >= 4 is 0 Å². The topological polar surface area (TPSA) is 38.0 Å². The van der Waals surface area contributed by atoms with Gasteiger partial charge in [-0.3, -0.25) is 5.84 Å². The molecule has 0 bridgehead atoms. The fourth-order valence-corrected chi connectivity index (χ4v) is 0.444. The minimum atomic E-state index is -4.22. The molecule has 0 saturated carbocycles. The summed E-state index contributed by atoms with van der Waals surface area (Å²) in [6, 6.07) is -1.57. The maximum absolute atomic E-state index is 11.6. The fourth-order valence-electron chi connectivity index (χ4n) is 0.444. The summed E-state index contributed by atoms with van der Waals surface area (Å²) < 4.78 is 34.7. The molecule has 0 saturated heterocycles. The predicted molar refractivity (Wildman–Crippen MR) is 27.5 cm³/mol. The molecule has 5 heteroatoms. The van der Waals surface area contributed by atoms with Crippen molar-refractivity contribution in [3.05, 3.63) is 0 Å². The van der Waals surface area contributed by atoms with Crippen molar-refractivity contribution in [2.45, 2.75) is 25.6 Å². The number of hydrogen-bond acceptors (Lipinski definition) is 2. The highest BCUT2D eigenvalue weighted by Gasteiger charge is 2.37. The summed E-state index contributed by atoms with van der Waals surface area (Å²) in [4.78, 5) is 0. The summed E-state index contributed by atoms with van der Waals surface area (Å²) in [6.07, 6.45) is -4.26. The standard InChI is InChI=1S/C4H9F3N2/c1-2-3(9-8)4(5,6)7/h3,9H,2,8H2,1H3. The molecule has 0 amide bonds. The number of rotatable bonds is 2. The van der Waals surface area contributed by atoms with Crippen LogP contribution >= 0.6 is 0 Å². The molecule has 0 aliphatic carbocycles. The molecule has 0 aromatic heterocycles. The second kappa shape index (κ2) is 3.03. The van der Waals surface area contributed by atoms with Crippen molar-refractivity contribution < 1.29 is 13.2 Å². The molecule has 3 N–H and O–H groups in total. The Labute approximate surface area is 51.2 Å². The largest absolute Gasteiger partial charge is 0.405 e. The zero-order chi connectivity index (χ0) is 7.49. The van der Waals surface area contributed by atoms with Crippen LogP contribution in [0, 0.1) is 0 Å². The van der Waals surface area contributed by atoms with Crippen molar-refractivity contribution in [3.63, 3.8) is 0 Å². The van der Waals surface area contributed by atoms with E-state index in [2.05, 4.69) is 5.84 Å². The first-order chi connectivity index (χ1) is 4.02. The zero-order valence-corrected chi connectivity index (χ0v) is 5.00. The average molecular weight is 142 g/mol. The lowest BCUT2D eigenvalue weighted by Crippen LogP contribution is -2.45. The van der Waals surface area contributed by atoms with Crippen LogP contribution < -0.4 is 11.3 Å². The predicted octanol–water partition coefficient (Wildman–Crippen LogP) is 0.791. The van der Waals surface area contributed by atoms with Gasteiger partial charge < -0.3 is 0 Å². The molecule has 0 aliphatic rings. The zero-order valence-electron chi connectivity index (χ0n) is 5.00. The summed E-state index contributed by atoms with van der Waals surface area (Å²) in [5.74, 6) is 4.60. The van der Waals surface area contributed by atoms with Gasteiger partial charge in [0.2, 0.25) is 0 Å². The van der Waals surface area contributed by atoms with E-state index in [9.17, 15) is 13.2 Å². The molecule has 0 aliphatic heterocycles. The third-order valence-corrected chi connectivity index (χ3v) is 1.00. The Kier molecular flexibility index (Phi) is 2.93. The monoisotopic (exact) mass is 142 g/mol. The van der Waals surface area contributed by atoms with Crippen molar-refractivity contribution in [3.8, 4) is 0 Å². The van der Waals surface area contributed by atoms with Gasteiger partial charge in [0, 0.05) is 0 Å². The van der Waals surface area contributed by atoms with Crippen molar-refractivity contribution in [2.75, 3.05) is 0 Å². The summed E-state index contributed by atoms with van der Waals surface area (Å²) >= 11 is 0. The van der Waals surface area contributed by atoms with Crippen LogP contribution in [0.1, 0.15) is 13.3 Å². The van der Waals surface area contributed by atoms with Crippen LogP contribution in [0.15, 0.2) is 0 Å². The van der Waals surface area contributed by atoms with Crippen LogP contribution in [-0.2, 0) is 0 Å². The normalized spacial score (nSPS) is 15.7. The molecule has 0 rings (SSSR count). The lowest BCUT2D eigenvalue weighted by Gasteiger charge is -2.16. The maximum Gasteiger partial charge on any atom is 0.405 e. The Bertz CT molecular complexity index is 76.4. The summed E-state index contributed by atoms with van der Waals surface area (Å²) in [5.41, 5.74) is 1.67. The first-order valence-electron chi connectivity index (χ1n) is 2.55.